The number of aromatic carboxylic acids is 1. The minimum absolute atomic E-state index is 0.317. The predicted molar refractivity (Wildman–Crippen MR) is 77.5 cm³/mol. The number of carbonyl (C=O) groups is 1. The van der Waals surface area contributed by atoms with Gasteiger partial charge < -0.3 is 9.67 Å². The van der Waals surface area contributed by atoms with E-state index in [0.29, 0.717) is 5.69 Å². The molecule has 0 atom stereocenters. The van der Waals surface area contributed by atoms with Crippen molar-refractivity contribution in [3.05, 3.63) is 50.9 Å². The molecule has 0 amide bonds. The van der Waals surface area contributed by atoms with Gasteiger partial charge in [-0.2, -0.15) is 0 Å². The summed E-state index contributed by atoms with van der Waals surface area (Å²) in [6, 6.07) is 7.93. The average Bonchev–Trinajstić information content (AvgIpc) is 2.93. The molecule has 0 fully saturated rings. The number of carboxylic acid groups (broad SMARTS) is 1. The first kappa shape index (κ1) is 11.8. The van der Waals surface area contributed by atoms with Crippen LogP contribution in [0.4, 0.5) is 0 Å². The fraction of sp³-hybridized carbons (Fsp3) is 0.214. The maximum atomic E-state index is 11.2. The number of carboxylic acids is 1. The minimum Gasteiger partial charge on any atom is -0.477 e. The molecule has 18 heavy (non-hydrogen) atoms. The van der Waals surface area contributed by atoms with E-state index in [-0.39, 0.29) is 0 Å². The Kier molecular flexibility index (Phi) is 2.89. The average molecular weight is 353 g/mol. The quantitative estimate of drug-likeness (QED) is 0.843. The number of aromatic nitrogens is 1. The second-order valence-corrected chi connectivity index (χ2v) is 5.77. The molecule has 2 aromatic rings. The highest BCUT2D eigenvalue weighted by atomic mass is 127. The largest absolute Gasteiger partial charge is 0.477 e. The summed E-state index contributed by atoms with van der Waals surface area (Å²) in [5.74, 6) is -0.890. The Balaban J connectivity index is 2.12. The lowest BCUT2D eigenvalue weighted by atomic mass is 10.1. The molecule has 0 radical (unpaired) electrons. The normalized spacial score (nSPS) is 13.6. The highest BCUT2D eigenvalue weighted by Crippen LogP contribution is 2.26. The summed E-state index contributed by atoms with van der Waals surface area (Å²) in [4.78, 5) is 11.2. The molecule has 0 saturated carbocycles. The highest BCUT2D eigenvalue weighted by molar-refractivity contribution is 14.1. The maximum absolute atomic E-state index is 11.2. The van der Waals surface area contributed by atoms with E-state index in [2.05, 4.69) is 34.7 Å². The van der Waals surface area contributed by atoms with Gasteiger partial charge in [-0.05, 0) is 71.2 Å². The van der Waals surface area contributed by atoms with Gasteiger partial charge >= 0.3 is 5.97 Å². The third-order valence-electron chi connectivity index (χ3n) is 3.37. The Morgan fingerprint density at radius 3 is 2.78 bits per heavy atom. The molecule has 1 heterocycles. The summed E-state index contributed by atoms with van der Waals surface area (Å²) in [7, 11) is 0. The van der Waals surface area contributed by atoms with Crippen LogP contribution in [0.5, 0.6) is 0 Å². The molecule has 0 aliphatic heterocycles. The summed E-state index contributed by atoms with van der Waals surface area (Å²) in [5, 5.41) is 9.21. The van der Waals surface area contributed by atoms with Crippen molar-refractivity contribution >= 4 is 28.6 Å². The van der Waals surface area contributed by atoms with Gasteiger partial charge in [0.1, 0.15) is 5.69 Å². The predicted octanol–water partition coefficient (Wildman–Crippen LogP) is 3.27. The lowest BCUT2D eigenvalue weighted by Gasteiger charge is -2.08. The van der Waals surface area contributed by atoms with Crippen LogP contribution in [0.15, 0.2) is 30.5 Å². The standard InChI is InChI=1S/C14H12INO2/c15-11-7-13(14(17)18)16(8-11)12-5-4-9-2-1-3-10(9)6-12/h4-8H,1-3H2,(H,17,18). The van der Waals surface area contributed by atoms with Crippen LogP contribution < -0.4 is 0 Å². The van der Waals surface area contributed by atoms with Gasteiger partial charge in [0.2, 0.25) is 0 Å². The molecule has 3 rings (SSSR count). The van der Waals surface area contributed by atoms with Crippen molar-refractivity contribution in [3.8, 4) is 5.69 Å². The van der Waals surface area contributed by atoms with Crippen molar-refractivity contribution in [1.29, 1.82) is 0 Å². The molecular formula is C14H12INO2. The van der Waals surface area contributed by atoms with Gasteiger partial charge in [-0.15, -0.1) is 0 Å². The van der Waals surface area contributed by atoms with Crippen molar-refractivity contribution in [2.75, 3.05) is 0 Å². The smallest absolute Gasteiger partial charge is 0.352 e. The Bertz CT molecular complexity index is 631. The fourth-order valence-electron chi connectivity index (χ4n) is 2.52. The third kappa shape index (κ3) is 1.94. The number of rotatable bonds is 2. The van der Waals surface area contributed by atoms with E-state index in [4.69, 9.17) is 0 Å². The van der Waals surface area contributed by atoms with Crippen molar-refractivity contribution in [2.45, 2.75) is 19.3 Å². The van der Waals surface area contributed by atoms with E-state index in [0.717, 1.165) is 22.1 Å². The van der Waals surface area contributed by atoms with Crippen LogP contribution in [0, 0.1) is 3.57 Å². The summed E-state index contributed by atoms with van der Waals surface area (Å²) >= 11 is 2.14. The lowest BCUT2D eigenvalue weighted by Crippen LogP contribution is -2.05. The first-order chi connectivity index (χ1) is 8.65. The minimum atomic E-state index is -0.890. The van der Waals surface area contributed by atoms with Gasteiger partial charge in [-0.3, -0.25) is 0 Å². The molecule has 3 nitrogen and oxygen atoms in total. The van der Waals surface area contributed by atoms with Crippen LogP contribution >= 0.6 is 22.6 Å². The molecule has 1 aliphatic rings. The number of nitrogens with zero attached hydrogens (tertiary/aromatic N) is 1. The Morgan fingerprint density at radius 1 is 1.22 bits per heavy atom. The molecule has 0 saturated heterocycles. The van der Waals surface area contributed by atoms with Crippen LogP contribution in [-0.4, -0.2) is 15.6 Å². The third-order valence-corrected chi connectivity index (χ3v) is 3.96. The SMILES string of the molecule is O=C(O)c1cc(I)cn1-c1ccc2c(c1)CCC2. The number of benzene rings is 1. The van der Waals surface area contributed by atoms with Gasteiger partial charge in [-0.25, -0.2) is 4.79 Å². The Hall–Kier alpha value is -1.30. The molecule has 1 N–H and O–H groups in total. The van der Waals surface area contributed by atoms with Gasteiger partial charge in [0.25, 0.3) is 0 Å². The molecule has 1 aliphatic carbocycles. The van der Waals surface area contributed by atoms with E-state index in [1.165, 1.54) is 17.5 Å². The van der Waals surface area contributed by atoms with Crippen molar-refractivity contribution in [1.82, 2.24) is 4.57 Å². The van der Waals surface area contributed by atoms with Crippen LogP contribution in [0.3, 0.4) is 0 Å². The molecule has 1 aromatic carbocycles. The van der Waals surface area contributed by atoms with E-state index in [1.54, 1.807) is 10.6 Å². The number of halogens is 1. The van der Waals surface area contributed by atoms with Crippen molar-refractivity contribution in [2.24, 2.45) is 0 Å². The van der Waals surface area contributed by atoms with Gasteiger partial charge in [-0.1, -0.05) is 6.07 Å². The summed E-state index contributed by atoms with van der Waals surface area (Å²) < 4.78 is 2.69. The Labute approximate surface area is 119 Å². The van der Waals surface area contributed by atoms with E-state index < -0.39 is 5.97 Å². The second kappa shape index (κ2) is 4.42. The zero-order chi connectivity index (χ0) is 12.7. The molecule has 0 spiro atoms. The van der Waals surface area contributed by atoms with Gasteiger partial charge in [0.05, 0.1) is 0 Å². The lowest BCUT2D eigenvalue weighted by molar-refractivity contribution is 0.0688. The molecule has 0 bridgehead atoms. The topological polar surface area (TPSA) is 42.2 Å². The second-order valence-electron chi connectivity index (χ2n) is 4.53. The molecule has 4 heteroatoms. The first-order valence-electron chi connectivity index (χ1n) is 5.88. The number of hydrogen-bond donors (Lipinski definition) is 1. The van der Waals surface area contributed by atoms with Gasteiger partial charge in [0.15, 0.2) is 0 Å². The first-order valence-corrected chi connectivity index (χ1v) is 6.96. The zero-order valence-electron chi connectivity index (χ0n) is 9.69. The molecule has 0 unspecified atom stereocenters. The number of fused-ring (bicyclic) bond motifs is 1. The van der Waals surface area contributed by atoms with Crippen LogP contribution in [-0.2, 0) is 12.8 Å². The zero-order valence-corrected chi connectivity index (χ0v) is 11.8. The molecule has 1 aromatic heterocycles. The monoisotopic (exact) mass is 353 g/mol. The highest BCUT2D eigenvalue weighted by Gasteiger charge is 2.15. The summed E-state index contributed by atoms with van der Waals surface area (Å²) in [6.07, 6.45) is 5.31. The molecule has 92 valence electrons. The van der Waals surface area contributed by atoms with Crippen LogP contribution in [0.2, 0.25) is 0 Å². The maximum Gasteiger partial charge on any atom is 0.352 e. The molecular weight excluding hydrogens is 341 g/mol. The number of hydrogen-bond acceptors (Lipinski definition) is 1. The Morgan fingerprint density at radius 2 is 2.00 bits per heavy atom. The van der Waals surface area contributed by atoms with Crippen LogP contribution in [0.1, 0.15) is 28.0 Å². The van der Waals surface area contributed by atoms with E-state index >= 15 is 0 Å². The summed E-state index contributed by atoms with van der Waals surface area (Å²) in [6.45, 7) is 0. The van der Waals surface area contributed by atoms with Crippen molar-refractivity contribution < 1.29 is 9.90 Å². The van der Waals surface area contributed by atoms with Crippen molar-refractivity contribution in [3.63, 3.8) is 0 Å². The van der Waals surface area contributed by atoms with Gasteiger partial charge in [0, 0.05) is 15.5 Å². The van der Waals surface area contributed by atoms with E-state index in [9.17, 15) is 9.90 Å². The fourth-order valence-corrected chi connectivity index (χ4v) is 3.09. The van der Waals surface area contributed by atoms with E-state index in [1.807, 2.05) is 12.3 Å². The van der Waals surface area contributed by atoms with Crippen LogP contribution in [0.25, 0.3) is 5.69 Å². The number of aryl methyl sites for hydroxylation is 2. The summed E-state index contributed by atoms with van der Waals surface area (Å²) in [5.41, 5.74) is 4.01.